The van der Waals surface area contributed by atoms with E-state index in [-0.39, 0.29) is 12.1 Å². The van der Waals surface area contributed by atoms with Gasteiger partial charge in [0.05, 0.1) is 25.1 Å². The summed E-state index contributed by atoms with van der Waals surface area (Å²) in [4.78, 5) is 14.2. The normalized spacial score (nSPS) is 16.5. The molecule has 1 aromatic carbocycles. The second-order valence-electron chi connectivity index (χ2n) is 5.39. The highest BCUT2D eigenvalue weighted by Crippen LogP contribution is 2.30. The predicted molar refractivity (Wildman–Crippen MR) is 80.8 cm³/mol. The Morgan fingerprint density at radius 2 is 2.24 bits per heavy atom. The van der Waals surface area contributed by atoms with Crippen molar-refractivity contribution in [2.75, 3.05) is 6.54 Å². The first-order valence-electron chi connectivity index (χ1n) is 7.42. The van der Waals surface area contributed by atoms with Crippen LogP contribution >= 0.6 is 0 Å². The van der Waals surface area contributed by atoms with Gasteiger partial charge in [-0.05, 0) is 37.0 Å². The molecule has 4 nitrogen and oxygen atoms in total. The molecule has 1 aliphatic rings. The summed E-state index contributed by atoms with van der Waals surface area (Å²) in [5, 5.41) is 3.15. The van der Waals surface area contributed by atoms with Crippen molar-refractivity contribution in [3.05, 3.63) is 59.5 Å². The average Bonchev–Trinajstić information content (AvgIpc) is 3.15. The predicted octanol–water partition coefficient (Wildman–Crippen LogP) is 3.50. The number of benzene rings is 1. The monoisotopic (exact) mass is 284 g/mol. The Balaban J connectivity index is 1.65. The first kappa shape index (κ1) is 13.7. The Hall–Kier alpha value is -2.23. The Morgan fingerprint density at radius 3 is 3.00 bits per heavy atom. The lowest BCUT2D eigenvalue weighted by Crippen LogP contribution is -2.40. The molecule has 2 amide bonds. The van der Waals surface area contributed by atoms with Gasteiger partial charge in [0.15, 0.2) is 0 Å². The lowest BCUT2D eigenvalue weighted by atomic mass is 10.1. The number of nitrogens with one attached hydrogen (secondary N) is 1. The first-order valence-corrected chi connectivity index (χ1v) is 7.42. The number of carbonyl (C=O) groups is 1. The van der Waals surface area contributed by atoms with Gasteiger partial charge in [-0.15, -0.1) is 0 Å². The molecular weight excluding hydrogens is 264 g/mol. The van der Waals surface area contributed by atoms with E-state index in [2.05, 4.69) is 23.5 Å². The third-order valence-corrected chi connectivity index (χ3v) is 4.05. The molecule has 2 aromatic rings. The molecule has 0 fully saturated rings. The SMILES string of the molecule is CCN(Cc1ccoc1)C(=O)N[C@H]1CCc2ccccc21. The minimum absolute atomic E-state index is 0.0135. The molecule has 0 saturated heterocycles. The molecule has 0 spiro atoms. The zero-order valence-electron chi connectivity index (χ0n) is 12.2. The molecule has 0 aliphatic heterocycles. The maximum Gasteiger partial charge on any atom is 0.318 e. The van der Waals surface area contributed by atoms with Crippen molar-refractivity contribution in [2.45, 2.75) is 32.4 Å². The summed E-state index contributed by atoms with van der Waals surface area (Å²) < 4.78 is 5.06. The van der Waals surface area contributed by atoms with Gasteiger partial charge in [-0.25, -0.2) is 4.79 Å². The van der Waals surface area contributed by atoms with Crippen molar-refractivity contribution in [3.8, 4) is 0 Å². The number of nitrogens with zero attached hydrogens (tertiary/aromatic N) is 1. The van der Waals surface area contributed by atoms with Crippen molar-refractivity contribution in [3.63, 3.8) is 0 Å². The van der Waals surface area contributed by atoms with E-state index < -0.39 is 0 Å². The minimum Gasteiger partial charge on any atom is -0.472 e. The highest BCUT2D eigenvalue weighted by atomic mass is 16.3. The van der Waals surface area contributed by atoms with E-state index >= 15 is 0 Å². The Bertz CT molecular complexity index is 607. The molecule has 0 radical (unpaired) electrons. The fourth-order valence-electron chi connectivity index (χ4n) is 2.88. The molecule has 1 aromatic heterocycles. The van der Waals surface area contributed by atoms with Crippen molar-refractivity contribution in [1.29, 1.82) is 0 Å². The summed E-state index contributed by atoms with van der Waals surface area (Å²) in [6.45, 7) is 3.24. The van der Waals surface area contributed by atoms with Crippen LogP contribution in [0.15, 0.2) is 47.3 Å². The zero-order chi connectivity index (χ0) is 14.7. The molecular formula is C17H20N2O2. The Labute approximate surface area is 124 Å². The topological polar surface area (TPSA) is 45.5 Å². The van der Waals surface area contributed by atoms with Gasteiger partial charge in [0.1, 0.15) is 0 Å². The van der Waals surface area contributed by atoms with Crippen LogP contribution in [0.4, 0.5) is 4.79 Å². The largest absolute Gasteiger partial charge is 0.472 e. The minimum atomic E-state index is -0.0135. The Morgan fingerprint density at radius 1 is 1.38 bits per heavy atom. The zero-order valence-corrected chi connectivity index (χ0v) is 12.2. The van der Waals surface area contributed by atoms with Crippen LogP contribution in [0.25, 0.3) is 0 Å². The number of fused-ring (bicyclic) bond motifs is 1. The van der Waals surface area contributed by atoms with Crippen LogP contribution < -0.4 is 5.32 Å². The van der Waals surface area contributed by atoms with Gasteiger partial charge in [0, 0.05) is 12.1 Å². The van der Waals surface area contributed by atoms with Gasteiger partial charge >= 0.3 is 6.03 Å². The third-order valence-electron chi connectivity index (χ3n) is 4.05. The molecule has 4 heteroatoms. The van der Waals surface area contributed by atoms with Crippen LogP contribution in [0.5, 0.6) is 0 Å². The van der Waals surface area contributed by atoms with Gasteiger partial charge in [0.2, 0.25) is 0 Å². The van der Waals surface area contributed by atoms with Crippen LogP contribution in [0.3, 0.4) is 0 Å². The van der Waals surface area contributed by atoms with Gasteiger partial charge < -0.3 is 14.6 Å². The smallest absolute Gasteiger partial charge is 0.318 e. The summed E-state index contributed by atoms with van der Waals surface area (Å²) in [7, 11) is 0. The fourth-order valence-corrected chi connectivity index (χ4v) is 2.88. The van der Waals surface area contributed by atoms with Crippen molar-refractivity contribution in [1.82, 2.24) is 10.2 Å². The van der Waals surface area contributed by atoms with E-state index in [4.69, 9.17) is 4.42 Å². The van der Waals surface area contributed by atoms with E-state index in [1.165, 1.54) is 11.1 Å². The number of furan rings is 1. The molecule has 0 bridgehead atoms. The van der Waals surface area contributed by atoms with E-state index in [1.54, 1.807) is 17.4 Å². The van der Waals surface area contributed by atoms with Gasteiger partial charge in [-0.2, -0.15) is 0 Å². The van der Waals surface area contributed by atoms with Crippen LogP contribution in [0.1, 0.15) is 36.1 Å². The maximum atomic E-state index is 12.5. The quantitative estimate of drug-likeness (QED) is 0.934. The van der Waals surface area contributed by atoms with Crippen molar-refractivity contribution >= 4 is 6.03 Å². The number of rotatable bonds is 4. The standard InChI is InChI=1S/C17H20N2O2/c1-2-19(11-13-9-10-21-12-13)17(20)18-16-8-7-14-5-3-4-6-15(14)16/h3-6,9-10,12,16H,2,7-8,11H2,1H3,(H,18,20)/t16-/m0/s1. The third kappa shape index (κ3) is 2.94. The average molecular weight is 284 g/mol. The second kappa shape index (κ2) is 6.04. The molecule has 1 heterocycles. The summed E-state index contributed by atoms with van der Waals surface area (Å²) in [6.07, 6.45) is 5.33. The number of carbonyl (C=O) groups excluding carboxylic acids is 1. The molecule has 0 saturated carbocycles. The lowest BCUT2D eigenvalue weighted by Gasteiger charge is -2.23. The van der Waals surface area contributed by atoms with Gasteiger partial charge in [-0.1, -0.05) is 24.3 Å². The van der Waals surface area contributed by atoms with Crippen molar-refractivity contribution in [2.24, 2.45) is 0 Å². The molecule has 1 aliphatic carbocycles. The number of amides is 2. The summed E-state index contributed by atoms with van der Waals surface area (Å²) in [5.41, 5.74) is 3.62. The van der Waals surface area contributed by atoms with Crippen LogP contribution in [-0.4, -0.2) is 17.5 Å². The number of aryl methyl sites for hydroxylation is 1. The highest BCUT2D eigenvalue weighted by Gasteiger charge is 2.25. The summed E-state index contributed by atoms with van der Waals surface area (Å²) in [6, 6.07) is 10.4. The van der Waals surface area contributed by atoms with Crippen LogP contribution in [0.2, 0.25) is 0 Å². The van der Waals surface area contributed by atoms with E-state index in [1.807, 2.05) is 19.1 Å². The second-order valence-corrected chi connectivity index (χ2v) is 5.39. The first-order chi connectivity index (χ1) is 10.3. The van der Waals surface area contributed by atoms with Crippen molar-refractivity contribution < 1.29 is 9.21 Å². The molecule has 3 rings (SSSR count). The molecule has 0 unspecified atom stereocenters. The number of urea groups is 1. The lowest BCUT2D eigenvalue weighted by molar-refractivity contribution is 0.193. The molecule has 1 N–H and O–H groups in total. The van der Waals surface area contributed by atoms with E-state index in [0.29, 0.717) is 13.1 Å². The molecule has 110 valence electrons. The molecule has 21 heavy (non-hydrogen) atoms. The van der Waals surface area contributed by atoms with Gasteiger partial charge in [0.25, 0.3) is 0 Å². The van der Waals surface area contributed by atoms with Crippen LogP contribution in [-0.2, 0) is 13.0 Å². The van der Waals surface area contributed by atoms with Gasteiger partial charge in [-0.3, -0.25) is 0 Å². The van der Waals surface area contributed by atoms with E-state index in [0.717, 1.165) is 18.4 Å². The highest BCUT2D eigenvalue weighted by molar-refractivity contribution is 5.75. The van der Waals surface area contributed by atoms with Crippen LogP contribution in [0, 0.1) is 0 Å². The molecule has 1 atom stereocenters. The Kier molecular flexibility index (Phi) is 3.95. The number of hydrogen-bond donors (Lipinski definition) is 1. The summed E-state index contributed by atoms with van der Waals surface area (Å²) >= 11 is 0. The number of hydrogen-bond acceptors (Lipinski definition) is 2. The maximum absolute atomic E-state index is 12.5. The summed E-state index contributed by atoms with van der Waals surface area (Å²) in [5.74, 6) is 0. The fraction of sp³-hybridized carbons (Fsp3) is 0.353. The van der Waals surface area contributed by atoms with E-state index in [9.17, 15) is 4.79 Å².